The highest BCUT2D eigenvalue weighted by molar-refractivity contribution is 7.99. The van der Waals surface area contributed by atoms with E-state index in [0.717, 1.165) is 23.1 Å². The van der Waals surface area contributed by atoms with Gasteiger partial charge in [0, 0.05) is 17.4 Å². The Morgan fingerprint density at radius 2 is 2.29 bits per heavy atom. The molecule has 3 nitrogen and oxygen atoms in total. The van der Waals surface area contributed by atoms with E-state index in [0.29, 0.717) is 0 Å². The summed E-state index contributed by atoms with van der Waals surface area (Å²) in [6, 6.07) is 6.18. The van der Waals surface area contributed by atoms with Crippen LogP contribution in [0, 0.1) is 6.92 Å². The molecule has 2 aromatic rings. The molecule has 0 N–H and O–H groups in total. The van der Waals surface area contributed by atoms with Gasteiger partial charge in [-0.1, -0.05) is 12.5 Å². The lowest BCUT2D eigenvalue weighted by molar-refractivity contribution is 0.644. The van der Waals surface area contributed by atoms with Gasteiger partial charge in [0.2, 0.25) is 0 Å². The summed E-state index contributed by atoms with van der Waals surface area (Å²) in [6.07, 6.45) is 5.12. The molecule has 3 rings (SSSR count). The van der Waals surface area contributed by atoms with Crippen LogP contribution in [0.15, 0.2) is 18.2 Å². The summed E-state index contributed by atoms with van der Waals surface area (Å²) in [7, 11) is 0. The molecule has 0 spiro atoms. The van der Waals surface area contributed by atoms with Gasteiger partial charge in [-0.05, 0) is 37.7 Å². The number of aromatic nitrogens is 3. The van der Waals surface area contributed by atoms with Gasteiger partial charge < -0.3 is 0 Å². The van der Waals surface area contributed by atoms with Gasteiger partial charge in [-0.3, -0.25) is 4.40 Å². The number of hydrogen-bond acceptors (Lipinski definition) is 3. The van der Waals surface area contributed by atoms with Gasteiger partial charge >= 0.3 is 0 Å². The van der Waals surface area contributed by atoms with Gasteiger partial charge in [0.25, 0.3) is 0 Å². The van der Waals surface area contributed by atoms with Crippen LogP contribution >= 0.6 is 11.8 Å². The maximum atomic E-state index is 4.35. The summed E-state index contributed by atoms with van der Waals surface area (Å²) < 4.78 is 2.19. The average Bonchev–Trinajstić information content (AvgIpc) is 2.75. The second-order valence-electron chi connectivity index (χ2n) is 4.67. The molecule has 1 fully saturated rings. The molecule has 1 aliphatic heterocycles. The maximum Gasteiger partial charge on any atom is 0.160 e. The van der Waals surface area contributed by atoms with Crippen LogP contribution in [0.4, 0.5) is 0 Å². The Morgan fingerprint density at radius 3 is 3.12 bits per heavy atom. The molecule has 1 aliphatic rings. The molecule has 1 saturated heterocycles. The average molecular weight is 247 g/mol. The third kappa shape index (κ3) is 2.18. The number of pyridine rings is 1. The number of nitrogens with zero attached hydrogens (tertiary/aromatic N) is 3. The highest BCUT2D eigenvalue weighted by Crippen LogP contribution is 2.27. The van der Waals surface area contributed by atoms with Gasteiger partial charge in [0.1, 0.15) is 5.82 Å². The summed E-state index contributed by atoms with van der Waals surface area (Å²) in [5.74, 6) is 2.43. The number of thioether (sulfide) groups is 1. The topological polar surface area (TPSA) is 30.2 Å². The molecule has 0 radical (unpaired) electrons. The van der Waals surface area contributed by atoms with Crippen molar-refractivity contribution in [3.8, 4) is 0 Å². The fraction of sp³-hybridized carbons (Fsp3) is 0.538. The van der Waals surface area contributed by atoms with Crippen molar-refractivity contribution in [3.63, 3.8) is 0 Å². The van der Waals surface area contributed by atoms with Crippen LogP contribution in [-0.2, 0) is 6.42 Å². The van der Waals surface area contributed by atoms with E-state index in [1.165, 1.54) is 30.7 Å². The van der Waals surface area contributed by atoms with Crippen molar-refractivity contribution in [2.75, 3.05) is 5.75 Å². The van der Waals surface area contributed by atoms with E-state index >= 15 is 0 Å². The van der Waals surface area contributed by atoms with Crippen LogP contribution in [-0.4, -0.2) is 25.6 Å². The first kappa shape index (κ1) is 11.1. The summed E-state index contributed by atoms with van der Waals surface area (Å²) in [4.78, 5) is 0. The predicted molar refractivity (Wildman–Crippen MR) is 71.5 cm³/mol. The molecule has 17 heavy (non-hydrogen) atoms. The lowest BCUT2D eigenvalue weighted by Gasteiger charge is -2.20. The lowest BCUT2D eigenvalue weighted by Crippen LogP contribution is -2.14. The molecule has 0 amide bonds. The van der Waals surface area contributed by atoms with E-state index in [1.807, 2.05) is 12.1 Å². The Bertz CT molecular complexity index is 514. The quantitative estimate of drug-likeness (QED) is 0.817. The summed E-state index contributed by atoms with van der Waals surface area (Å²) in [5, 5.41) is 9.33. The molecule has 0 bridgehead atoms. The second-order valence-corrected chi connectivity index (χ2v) is 6.08. The molecule has 0 aliphatic carbocycles. The number of hydrogen-bond donors (Lipinski definition) is 0. The first-order valence-electron chi connectivity index (χ1n) is 6.26. The van der Waals surface area contributed by atoms with Crippen molar-refractivity contribution in [1.29, 1.82) is 0 Å². The van der Waals surface area contributed by atoms with E-state index in [4.69, 9.17) is 0 Å². The van der Waals surface area contributed by atoms with Gasteiger partial charge in [0.15, 0.2) is 5.65 Å². The van der Waals surface area contributed by atoms with E-state index in [9.17, 15) is 0 Å². The Kier molecular flexibility index (Phi) is 3.05. The molecule has 4 heteroatoms. The predicted octanol–water partition coefficient (Wildman–Crippen LogP) is 2.87. The van der Waals surface area contributed by atoms with E-state index in [-0.39, 0.29) is 0 Å². The van der Waals surface area contributed by atoms with Crippen LogP contribution in [0.1, 0.15) is 30.8 Å². The zero-order chi connectivity index (χ0) is 11.7. The van der Waals surface area contributed by atoms with E-state index < -0.39 is 0 Å². The van der Waals surface area contributed by atoms with E-state index in [1.54, 1.807) is 0 Å². The van der Waals surface area contributed by atoms with Crippen molar-refractivity contribution in [1.82, 2.24) is 14.6 Å². The summed E-state index contributed by atoms with van der Waals surface area (Å²) in [5.41, 5.74) is 2.20. The van der Waals surface area contributed by atoms with Crippen molar-refractivity contribution >= 4 is 17.4 Å². The first-order chi connectivity index (χ1) is 8.34. The smallest absolute Gasteiger partial charge is 0.160 e. The molecular formula is C13H17N3S. The van der Waals surface area contributed by atoms with Crippen LogP contribution in [0.3, 0.4) is 0 Å². The highest BCUT2D eigenvalue weighted by atomic mass is 32.2. The fourth-order valence-electron chi connectivity index (χ4n) is 2.47. The van der Waals surface area contributed by atoms with Crippen LogP contribution in [0.5, 0.6) is 0 Å². The molecule has 1 atom stereocenters. The Hall–Kier alpha value is -1.03. The zero-order valence-corrected chi connectivity index (χ0v) is 10.9. The summed E-state index contributed by atoms with van der Waals surface area (Å²) in [6.45, 7) is 2.12. The molecule has 2 aromatic heterocycles. The van der Waals surface area contributed by atoms with Gasteiger partial charge in [0.05, 0.1) is 0 Å². The zero-order valence-electron chi connectivity index (χ0n) is 10.1. The molecular weight excluding hydrogens is 230 g/mol. The maximum absolute atomic E-state index is 4.35. The SMILES string of the molecule is Cc1cccc2nnc(CC3CCCCS3)n12. The normalized spacial score (nSPS) is 20.9. The van der Waals surface area contributed by atoms with Crippen LogP contribution in [0.25, 0.3) is 5.65 Å². The molecule has 0 aromatic carbocycles. The number of aryl methyl sites for hydroxylation is 1. The van der Waals surface area contributed by atoms with Gasteiger partial charge in [-0.25, -0.2) is 0 Å². The van der Waals surface area contributed by atoms with Crippen LogP contribution < -0.4 is 0 Å². The molecule has 3 heterocycles. The van der Waals surface area contributed by atoms with Gasteiger partial charge in [-0.2, -0.15) is 11.8 Å². The van der Waals surface area contributed by atoms with Crippen molar-refractivity contribution in [2.24, 2.45) is 0 Å². The second kappa shape index (κ2) is 4.69. The monoisotopic (exact) mass is 247 g/mol. The third-order valence-corrected chi connectivity index (χ3v) is 4.77. The minimum atomic E-state index is 0.732. The fourth-order valence-corrected chi connectivity index (χ4v) is 3.78. The third-order valence-electron chi connectivity index (χ3n) is 3.37. The summed E-state index contributed by atoms with van der Waals surface area (Å²) >= 11 is 2.09. The van der Waals surface area contributed by atoms with Crippen LogP contribution in [0.2, 0.25) is 0 Å². The van der Waals surface area contributed by atoms with Gasteiger partial charge in [-0.15, -0.1) is 10.2 Å². The number of fused-ring (bicyclic) bond motifs is 1. The lowest BCUT2D eigenvalue weighted by atomic mass is 10.1. The van der Waals surface area contributed by atoms with Crippen molar-refractivity contribution in [2.45, 2.75) is 37.9 Å². The van der Waals surface area contributed by atoms with Crippen molar-refractivity contribution in [3.05, 3.63) is 29.7 Å². The molecule has 1 unspecified atom stereocenters. The standard InChI is InChI=1S/C13H17N3S/c1-10-5-4-7-12-14-15-13(16(10)12)9-11-6-2-3-8-17-11/h4-5,7,11H,2-3,6,8-9H2,1H3. The Balaban J connectivity index is 1.89. The first-order valence-corrected chi connectivity index (χ1v) is 7.31. The largest absolute Gasteiger partial charge is 0.284 e. The minimum Gasteiger partial charge on any atom is -0.284 e. The highest BCUT2D eigenvalue weighted by Gasteiger charge is 2.17. The minimum absolute atomic E-state index is 0.732. The molecule has 90 valence electrons. The Morgan fingerprint density at radius 1 is 1.35 bits per heavy atom. The molecule has 0 saturated carbocycles. The van der Waals surface area contributed by atoms with E-state index in [2.05, 4.69) is 39.4 Å². The van der Waals surface area contributed by atoms with Crippen molar-refractivity contribution < 1.29 is 0 Å². The Labute approximate surface area is 106 Å². The number of rotatable bonds is 2.